The lowest BCUT2D eigenvalue weighted by Gasteiger charge is -2.07. The van der Waals surface area contributed by atoms with Crippen molar-refractivity contribution in [3.8, 4) is 11.1 Å². The van der Waals surface area contributed by atoms with Crippen molar-refractivity contribution < 1.29 is 4.39 Å². The Morgan fingerprint density at radius 2 is 1.79 bits per heavy atom. The lowest BCUT2D eigenvalue weighted by molar-refractivity contribution is 0.629. The van der Waals surface area contributed by atoms with Gasteiger partial charge in [-0.15, -0.1) is 0 Å². The third kappa shape index (κ3) is 3.91. The van der Waals surface area contributed by atoms with Crippen LogP contribution in [0.25, 0.3) is 22.0 Å². The molecule has 0 saturated heterocycles. The highest BCUT2D eigenvalue weighted by Crippen LogP contribution is 2.18. The van der Waals surface area contributed by atoms with E-state index in [9.17, 15) is 9.18 Å². The summed E-state index contributed by atoms with van der Waals surface area (Å²) in [6, 6.07) is 15.8. The monoisotopic (exact) mass is 498 g/mol. The van der Waals surface area contributed by atoms with Crippen LogP contribution in [0.15, 0.2) is 70.6 Å². The summed E-state index contributed by atoms with van der Waals surface area (Å²) in [7, 11) is 0. The molecule has 7 heteroatoms. The predicted molar refractivity (Wildman–Crippen MR) is 121 cm³/mol. The maximum atomic E-state index is 13.5. The van der Waals surface area contributed by atoms with Crippen LogP contribution in [0.2, 0.25) is 0 Å². The summed E-state index contributed by atoms with van der Waals surface area (Å²) < 4.78 is 14.6. The van der Waals surface area contributed by atoms with Gasteiger partial charge >= 0.3 is 0 Å². The highest BCUT2D eigenvalue weighted by molar-refractivity contribution is 14.1. The van der Waals surface area contributed by atoms with E-state index in [-0.39, 0.29) is 16.7 Å². The number of rotatable bonds is 2. The zero-order chi connectivity index (χ0) is 20.5. The van der Waals surface area contributed by atoms with Crippen molar-refractivity contribution in [3.63, 3.8) is 0 Å². The quantitative estimate of drug-likeness (QED) is 0.212. The minimum absolute atomic E-state index is 0.0795. The first-order valence-corrected chi connectivity index (χ1v) is 9.91. The molecule has 0 aliphatic carbocycles. The molecule has 0 fully saturated rings. The van der Waals surface area contributed by atoms with Crippen molar-refractivity contribution in [2.24, 2.45) is 4.99 Å². The van der Waals surface area contributed by atoms with Gasteiger partial charge in [0.1, 0.15) is 11.3 Å². The van der Waals surface area contributed by atoms with Gasteiger partial charge in [0.15, 0.2) is 11.3 Å². The highest BCUT2D eigenvalue weighted by atomic mass is 127. The summed E-state index contributed by atoms with van der Waals surface area (Å²) in [4.78, 5) is 22.9. The maximum absolute atomic E-state index is 13.5. The number of nitrogens with zero attached hydrogens (tertiary/aromatic N) is 1. The number of halogens is 2. The van der Waals surface area contributed by atoms with Gasteiger partial charge in [-0.05, 0) is 83.1 Å². The molecule has 0 bridgehead atoms. The van der Waals surface area contributed by atoms with Gasteiger partial charge in [-0.3, -0.25) is 10.2 Å². The zero-order valence-electron chi connectivity index (χ0n) is 15.4. The first kappa shape index (κ1) is 19.3. The number of hydrogen-bond donors (Lipinski definition) is 3. The fraction of sp³-hybridized carbons (Fsp3) is 0.0455. The van der Waals surface area contributed by atoms with E-state index in [1.807, 2.05) is 36.5 Å². The van der Waals surface area contributed by atoms with Gasteiger partial charge in [0.2, 0.25) is 0 Å². The van der Waals surface area contributed by atoms with Crippen molar-refractivity contribution in [2.75, 3.05) is 0 Å². The highest BCUT2D eigenvalue weighted by Gasteiger charge is 2.12. The molecule has 29 heavy (non-hydrogen) atoms. The van der Waals surface area contributed by atoms with Crippen LogP contribution >= 0.6 is 22.6 Å². The summed E-state index contributed by atoms with van der Waals surface area (Å²) in [5.74, 6) is -0.554. The number of aromatic nitrogens is 2. The number of benzene rings is 2. The smallest absolute Gasteiger partial charge is 0.193 e. The molecule has 2 aromatic carbocycles. The Kier molecular flexibility index (Phi) is 5.14. The largest absolute Gasteiger partial charge is 0.352 e. The van der Waals surface area contributed by atoms with E-state index in [1.165, 1.54) is 18.2 Å². The fourth-order valence-corrected chi connectivity index (χ4v) is 3.44. The number of aromatic amines is 2. The molecule has 144 valence electrons. The summed E-state index contributed by atoms with van der Waals surface area (Å²) >= 11 is 2.26. The molecular weight excluding hydrogens is 482 g/mol. The van der Waals surface area contributed by atoms with E-state index in [0.717, 1.165) is 14.7 Å². The first-order valence-electron chi connectivity index (χ1n) is 8.83. The second-order valence-electron chi connectivity index (χ2n) is 6.57. The third-order valence-corrected chi connectivity index (χ3v) is 5.36. The number of amidine groups is 1. The Hall–Kier alpha value is -3.07. The van der Waals surface area contributed by atoms with Crippen LogP contribution in [0.4, 0.5) is 4.39 Å². The average molecular weight is 498 g/mol. The predicted octanol–water partition coefficient (Wildman–Crippen LogP) is 4.50. The summed E-state index contributed by atoms with van der Waals surface area (Å²) in [6.07, 6.45) is 1.83. The van der Waals surface area contributed by atoms with E-state index in [1.54, 1.807) is 13.0 Å². The molecule has 2 aromatic heterocycles. The molecular formula is C22H16FIN4O. The number of hydrogen-bond acceptors (Lipinski definition) is 2. The molecule has 4 aromatic rings. The molecule has 0 amide bonds. The molecule has 5 nitrogen and oxygen atoms in total. The Labute approximate surface area is 179 Å². The molecule has 0 saturated carbocycles. The van der Waals surface area contributed by atoms with Gasteiger partial charge in [0, 0.05) is 20.7 Å². The topological polar surface area (TPSA) is 84.9 Å². The molecule has 3 N–H and O–H groups in total. The lowest BCUT2D eigenvalue weighted by atomic mass is 10.1. The van der Waals surface area contributed by atoms with Crippen molar-refractivity contribution in [1.29, 1.82) is 5.41 Å². The Morgan fingerprint density at radius 3 is 2.48 bits per heavy atom. The molecule has 4 rings (SSSR count). The summed E-state index contributed by atoms with van der Waals surface area (Å²) in [5, 5.41) is 8.59. The standard InChI is InChI=1S/C22H16FIN4O/c1-12-20(27-18-8-5-15(23)10-17(18)21(12)29)22(25)28-19-9-4-14(11-26-19)13-2-6-16(24)7-3-13/h2-11H,1H3,(H,27,29)(H2,25,26,28). The Bertz CT molecular complexity index is 1350. The number of fused-ring (bicyclic) bond motifs is 1. The van der Waals surface area contributed by atoms with Crippen LogP contribution < -0.4 is 10.9 Å². The van der Waals surface area contributed by atoms with Gasteiger partial charge in [-0.2, -0.15) is 0 Å². The zero-order valence-corrected chi connectivity index (χ0v) is 17.5. The van der Waals surface area contributed by atoms with E-state index in [4.69, 9.17) is 5.41 Å². The van der Waals surface area contributed by atoms with Gasteiger partial charge in [0.05, 0.1) is 11.2 Å². The van der Waals surface area contributed by atoms with Crippen molar-refractivity contribution in [3.05, 3.63) is 97.1 Å². The van der Waals surface area contributed by atoms with Crippen LogP contribution in [-0.2, 0) is 0 Å². The van der Waals surface area contributed by atoms with Crippen molar-refractivity contribution >= 4 is 39.3 Å². The lowest BCUT2D eigenvalue weighted by Crippen LogP contribution is -2.17. The fourth-order valence-electron chi connectivity index (χ4n) is 3.08. The van der Waals surface area contributed by atoms with E-state index < -0.39 is 5.82 Å². The Morgan fingerprint density at radius 1 is 1.07 bits per heavy atom. The molecule has 0 unspecified atom stereocenters. The second kappa shape index (κ2) is 7.75. The molecule has 0 aliphatic heterocycles. The SMILES string of the molecule is Cc1c(C(=N)/N=c2/ccc(-c3ccc(I)cc3)c[nH]2)[nH]c2ccc(F)cc2c1=O. The van der Waals surface area contributed by atoms with Crippen LogP contribution in [0.1, 0.15) is 11.3 Å². The minimum Gasteiger partial charge on any atom is -0.352 e. The number of pyridine rings is 2. The Balaban J connectivity index is 1.71. The maximum Gasteiger partial charge on any atom is 0.193 e. The molecule has 0 atom stereocenters. The van der Waals surface area contributed by atoms with Crippen molar-refractivity contribution in [2.45, 2.75) is 6.92 Å². The second-order valence-corrected chi connectivity index (χ2v) is 7.82. The van der Waals surface area contributed by atoms with Crippen LogP contribution in [0.5, 0.6) is 0 Å². The molecule has 0 spiro atoms. The minimum atomic E-state index is -0.474. The van der Waals surface area contributed by atoms with Crippen LogP contribution in [-0.4, -0.2) is 15.8 Å². The molecule has 2 heterocycles. The van der Waals surface area contributed by atoms with Crippen LogP contribution in [0.3, 0.4) is 0 Å². The number of nitrogens with one attached hydrogen (secondary N) is 3. The van der Waals surface area contributed by atoms with Gasteiger partial charge in [-0.1, -0.05) is 12.1 Å². The van der Waals surface area contributed by atoms with Crippen LogP contribution in [0, 0.1) is 21.7 Å². The van der Waals surface area contributed by atoms with E-state index in [2.05, 4.69) is 37.6 Å². The molecule has 0 aliphatic rings. The third-order valence-electron chi connectivity index (χ3n) is 4.64. The van der Waals surface area contributed by atoms with Gasteiger partial charge < -0.3 is 9.97 Å². The van der Waals surface area contributed by atoms with Crippen molar-refractivity contribution in [1.82, 2.24) is 9.97 Å². The normalized spacial score (nSPS) is 11.8. The molecule has 0 radical (unpaired) electrons. The van der Waals surface area contributed by atoms with Gasteiger partial charge in [-0.25, -0.2) is 9.38 Å². The van der Waals surface area contributed by atoms with E-state index >= 15 is 0 Å². The summed E-state index contributed by atoms with van der Waals surface area (Å²) in [6.45, 7) is 1.60. The number of H-pyrrole nitrogens is 2. The van der Waals surface area contributed by atoms with E-state index in [0.29, 0.717) is 22.3 Å². The first-order chi connectivity index (χ1) is 13.9. The summed E-state index contributed by atoms with van der Waals surface area (Å²) in [5.41, 5.74) is 3.36. The average Bonchev–Trinajstić information content (AvgIpc) is 2.72. The van der Waals surface area contributed by atoms with Gasteiger partial charge in [0.25, 0.3) is 0 Å².